The van der Waals surface area contributed by atoms with Gasteiger partial charge in [0.2, 0.25) is 5.91 Å². The minimum Gasteiger partial charge on any atom is -0.312 e. The Morgan fingerprint density at radius 3 is 2.71 bits per heavy atom. The molecule has 1 aromatic rings. The zero-order chi connectivity index (χ0) is 9.76. The van der Waals surface area contributed by atoms with E-state index >= 15 is 0 Å². The number of amides is 1. The first-order valence-electron chi connectivity index (χ1n) is 5.21. The lowest BCUT2D eigenvalue weighted by Gasteiger charge is -2.14. The predicted molar refractivity (Wildman–Crippen MR) is 55.4 cm³/mol. The van der Waals surface area contributed by atoms with Crippen LogP contribution in [-0.2, 0) is 10.2 Å². The van der Waals surface area contributed by atoms with E-state index in [1.165, 1.54) is 5.56 Å². The molecule has 0 unspecified atom stereocenters. The van der Waals surface area contributed by atoms with Gasteiger partial charge in [-0.25, -0.2) is 0 Å². The lowest BCUT2D eigenvalue weighted by Crippen LogP contribution is -2.31. The second kappa shape index (κ2) is 2.38. The first kappa shape index (κ1) is 8.04. The number of anilines is 1. The summed E-state index contributed by atoms with van der Waals surface area (Å²) < 4.78 is 0. The maximum absolute atomic E-state index is 12.1. The standard InChI is InChI=1S/C12H13NO/c1-2-13-10-6-4-3-5-9(10)12(7-8-12)11(13)14/h3-6H,2,7-8H2,1H3. The fourth-order valence-corrected chi connectivity index (χ4v) is 2.52. The van der Waals surface area contributed by atoms with Crippen LogP contribution in [0.2, 0.25) is 0 Å². The predicted octanol–water partition coefficient (Wildman–Crippen LogP) is 2.08. The number of para-hydroxylation sites is 1. The van der Waals surface area contributed by atoms with Gasteiger partial charge in [-0.15, -0.1) is 0 Å². The summed E-state index contributed by atoms with van der Waals surface area (Å²) in [5.74, 6) is 0.321. The molecule has 3 rings (SSSR count). The van der Waals surface area contributed by atoms with Crippen LogP contribution in [0.1, 0.15) is 25.3 Å². The van der Waals surface area contributed by atoms with Crippen LogP contribution >= 0.6 is 0 Å². The number of carbonyl (C=O) groups excluding carboxylic acids is 1. The molecular formula is C12H13NO. The van der Waals surface area contributed by atoms with E-state index in [1.54, 1.807) is 0 Å². The fourth-order valence-electron chi connectivity index (χ4n) is 2.52. The molecule has 1 heterocycles. The van der Waals surface area contributed by atoms with Gasteiger partial charge in [0.25, 0.3) is 0 Å². The van der Waals surface area contributed by atoms with Crippen LogP contribution in [0, 0.1) is 0 Å². The van der Waals surface area contributed by atoms with E-state index < -0.39 is 0 Å². The quantitative estimate of drug-likeness (QED) is 0.659. The Morgan fingerprint density at radius 1 is 1.36 bits per heavy atom. The van der Waals surface area contributed by atoms with E-state index in [-0.39, 0.29) is 5.41 Å². The number of hydrogen-bond donors (Lipinski definition) is 0. The van der Waals surface area contributed by atoms with E-state index in [0.29, 0.717) is 5.91 Å². The van der Waals surface area contributed by atoms with Crippen molar-refractivity contribution >= 4 is 11.6 Å². The third-order valence-electron chi connectivity index (χ3n) is 3.43. The monoisotopic (exact) mass is 187 g/mol. The normalized spacial score (nSPS) is 21.5. The number of hydrogen-bond acceptors (Lipinski definition) is 1. The summed E-state index contributed by atoms with van der Waals surface area (Å²) in [6.45, 7) is 2.83. The van der Waals surface area contributed by atoms with Crippen molar-refractivity contribution in [2.24, 2.45) is 0 Å². The summed E-state index contributed by atoms with van der Waals surface area (Å²) in [6, 6.07) is 8.21. The van der Waals surface area contributed by atoms with Gasteiger partial charge in [-0.1, -0.05) is 18.2 Å². The number of likely N-dealkylation sites (N-methyl/N-ethyl adjacent to an activating group) is 1. The van der Waals surface area contributed by atoms with Crippen LogP contribution < -0.4 is 4.90 Å². The molecule has 0 atom stereocenters. The van der Waals surface area contributed by atoms with Gasteiger partial charge in [0.05, 0.1) is 5.41 Å². The summed E-state index contributed by atoms with van der Waals surface area (Å²) in [5, 5.41) is 0. The van der Waals surface area contributed by atoms with Crippen molar-refractivity contribution in [1.82, 2.24) is 0 Å². The van der Waals surface area contributed by atoms with Crippen molar-refractivity contribution in [3.05, 3.63) is 29.8 Å². The van der Waals surface area contributed by atoms with Crippen LogP contribution in [0.4, 0.5) is 5.69 Å². The minimum absolute atomic E-state index is 0.105. The first-order chi connectivity index (χ1) is 6.79. The van der Waals surface area contributed by atoms with Gasteiger partial charge < -0.3 is 4.90 Å². The molecular weight excluding hydrogens is 174 g/mol. The van der Waals surface area contributed by atoms with Crippen molar-refractivity contribution in [2.75, 3.05) is 11.4 Å². The molecule has 1 spiro atoms. The van der Waals surface area contributed by atoms with Crippen LogP contribution in [0.5, 0.6) is 0 Å². The minimum atomic E-state index is -0.105. The van der Waals surface area contributed by atoms with Gasteiger partial charge in [-0.3, -0.25) is 4.79 Å². The highest BCUT2D eigenvalue weighted by molar-refractivity contribution is 6.10. The molecule has 2 aliphatic rings. The van der Waals surface area contributed by atoms with Crippen LogP contribution in [0.3, 0.4) is 0 Å². The van der Waals surface area contributed by atoms with Crippen molar-refractivity contribution in [1.29, 1.82) is 0 Å². The van der Waals surface area contributed by atoms with Gasteiger partial charge in [0.15, 0.2) is 0 Å². The molecule has 0 bridgehead atoms. The number of benzene rings is 1. The van der Waals surface area contributed by atoms with Crippen LogP contribution in [0.15, 0.2) is 24.3 Å². The molecule has 0 saturated heterocycles. The van der Waals surface area contributed by atoms with E-state index in [4.69, 9.17) is 0 Å². The molecule has 2 nitrogen and oxygen atoms in total. The van der Waals surface area contributed by atoms with E-state index in [1.807, 2.05) is 24.0 Å². The zero-order valence-electron chi connectivity index (χ0n) is 8.29. The highest BCUT2D eigenvalue weighted by Gasteiger charge is 2.58. The molecule has 0 aromatic heterocycles. The molecule has 1 aliphatic heterocycles. The Hall–Kier alpha value is -1.31. The maximum atomic E-state index is 12.1. The van der Waals surface area contributed by atoms with Gasteiger partial charge in [-0.2, -0.15) is 0 Å². The van der Waals surface area contributed by atoms with Crippen molar-refractivity contribution in [3.8, 4) is 0 Å². The topological polar surface area (TPSA) is 20.3 Å². The summed E-state index contributed by atoms with van der Waals surface area (Å²) in [6.07, 6.45) is 2.08. The molecule has 1 aliphatic carbocycles. The van der Waals surface area contributed by atoms with Gasteiger partial charge >= 0.3 is 0 Å². The average Bonchev–Trinajstić information content (AvgIpc) is 2.96. The summed E-state index contributed by atoms with van der Waals surface area (Å²) in [4.78, 5) is 14.0. The molecule has 0 radical (unpaired) electrons. The number of carbonyl (C=O) groups is 1. The van der Waals surface area contributed by atoms with Crippen molar-refractivity contribution < 1.29 is 4.79 Å². The summed E-state index contributed by atoms with van der Waals surface area (Å²) in [7, 11) is 0. The molecule has 1 saturated carbocycles. The SMILES string of the molecule is CCN1C(=O)C2(CC2)c2ccccc21. The third kappa shape index (κ3) is 0.746. The zero-order valence-corrected chi connectivity index (χ0v) is 8.29. The molecule has 1 amide bonds. The van der Waals surface area contributed by atoms with Gasteiger partial charge in [0, 0.05) is 12.2 Å². The summed E-state index contributed by atoms with van der Waals surface area (Å²) >= 11 is 0. The summed E-state index contributed by atoms with van der Waals surface area (Å²) in [5.41, 5.74) is 2.29. The van der Waals surface area contributed by atoms with Gasteiger partial charge in [-0.05, 0) is 31.4 Å². The maximum Gasteiger partial charge on any atom is 0.237 e. The second-order valence-corrected chi connectivity index (χ2v) is 4.15. The highest BCUT2D eigenvalue weighted by Crippen LogP contribution is 2.56. The number of nitrogens with zero attached hydrogens (tertiary/aromatic N) is 1. The smallest absolute Gasteiger partial charge is 0.237 e. The van der Waals surface area contributed by atoms with E-state index in [2.05, 4.69) is 12.1 Å². The first-order valence-corrected chi connectivity index (χ1v) is 5.21. The fraction of sp³-hybridized carbons (Fsp3) is 0.417. The third-order valence-corrected chi connectivity index (χ3v) is 3.43. The Labute approximate surface area is 83.5 Å². The Balaban J connectivity index is 2.21. The second-order valence-electron chi connectivity index (χ2n) is 4.15. The highest BCUT2D eigenvalue weighted by atomic mass is 16.2. The molecule has 0 N–H and O–H groups in total. The largest absolute Gasteiger partial charge is 0.312 e. The Kier molecular flexibility index (Phi) is 1.37. The van der Waals surface area contributed by atoms with E-state index in [0.717, 1.165) is 25.1 Å². The molecule has 1 aromatic carbocycles. The van der Waals surface area contributed by atoms with E-state index in [9.17, 15) is 4.79 Å². The molecule has 72 valence electrons. The Bertz CT molecular complexity index is 407. The molecule has 14 heavy (non-hydrogen) atoms. The van der Waals surface area contributed by atoms with Crippen molar-refractivity contribution in [3.63, 3.8) is 0 Å². The lowest BCUT2D eigenvalue weighted by molar-refractivity contribution is -0.120. The van der Waals surface area contributed by atoms with Crippen molar-refractivity contribution in [2.45, 2.75) is 25.2 Å². The van der Waals surface area contributed by atoms with Crippen LogP contribution in [0.25, 0.3) is 0 Å². The van der Waals surface area contributed by atoms with Gasteiger partial charge in [0.1, 0.15) is 0 Å². The molecule has 2 heteroatoms. The van der Waals surface area contributed by atoms with Crippen LogP contribution in [-0.4, -0.2) is 12.5 Å². The lowest BCUT2D eigenvalue weighted by atomic mass is 9.98. The molecule has 1 fully saturated rings. The Morgan fingerprint density at radius 2 is 2.07 bits per heavy atom. The number of rotatable bonds is 1. The average molecular weight is 187 g/mol. The number of fused-ring (bicyclic) bond motifs is 2.